The third kappa shape index (κ3) is 15.2. The first-order chi connectivity index (χ1) is 19.4. The lowest BCUT2D eigenvalue weighted by Gasteiger charge is -2.22. The van der Waals surface area contributed by atoms with Crippen LogP contribution in [0.3, 0.4) is 0 Å². The summed E-state index contributed by atoms with van der Waals surface area (Å²) in [6, 6.07) is 6.56. The predicted molar refractivity (Wildman–Crippen MR) is 160 cm³/mol. The minimum atomic E-state index is -3.99. The summed E-state index contributed by atoms with van der Waals surface area (Å²) in [4.78, 5) is 0.0998. The van der Waals surface area contributed by atoms with Crippen molar-refractivity contribution in [1.82, 2.24) is 0 Å². The highest BCUT2D eigenvalue weighted by Crippen LogP contribution is 2.22. The lowest BCUT2D eigenvalue weighted by molar-refractivity contribution is -0.161. The molecule has 2 rings (SSSR count). The lowest BCUT2D eigenvalue weighted by Crippen LogP contribution is -2.31. The second-order valence-corrected chi connectivity index (χ2v) is 12.2. The molecule has 1 N–H and O–H groups in total. The molecule has 1 aromatic carbocycles. The van der Waals surface area contributed by atoms with E-state index >= 15 is 0 Å². The van der Waals surface area contributed by atoms with Gasteiger partial charge in [-0.25, -0.2) is 0 Å². The van der Waals surface area contributed by atoms with Crippen molar-refractivity contribution in [3.8, 4) is 23.7 Å². The minimum absolute atomic E-state index is 0.0997. The molecular formula is C33H50O6S. The molecule has 0 amide bonds. The van der Waals surface area contributed by atoms with Crippen LogP contribution in [0, 0.1) is 30.6 Å². The molecule has 0 radical (unpaired) electrons. The molecule has 0 saturated carbocycles. The number of rotatable bonds is 18. The van der Waals surface area contributed by atoms with Crippen LogP contribution in [0.5, 0.6) is 0 Å². The second kappa shape index (κ2) is 20.9. The molecule has 7 heteroatoms. The number of benzene rings is 1. The highest BCUT2D eigenvalue weighted by molar-refractivity contribution is 7.86. The molecular weight excluding hydrogens is 524 g/mol. The van der Waals surface area contributed by atoms with E-state index in [9.17, 15) is 13.5 Å². The summed E-state index contributed by atoms with van der Waals surface area (Å²) in [5.41, 5.74) is 0.967. The Morgan fingerprint density at radius 2 is 1.62 bits per heavy atom. The fourth-order valence-electron chi connectivity index (χ4n) is 4.53. The van der Waals surface area contributed by atoms with Gasteiger partial charge in [-0.1, -0.05) is 106 Å². The molecule has 1 aliphatic rings. The Labute approximate surface area is 243 Å². The number of hydrogen-bond donors (Lipinski definition) is 1. The highest BCUT2D eigenvalue weighted by atomic mass is 32.2. The van der Waals surface area contributed by atoms with Gasteiger partial charge in [0.1, 0.15) is 6.10 Å². The van der Waals surface area contributed by atoms with Crippen molar-refractivity contribution < 1.29 is 27.2 Å². The molecule has 1 aromatic rings. The van der Waals surface area contributed by atoms with Gasteiger partial charge in [-0.3, -0.25) is 4.18 Å². The third-order valence-corrected chi connectivity index (χ3v) is 8.34. The van der Waals surface area contributed by atoms with Gasteiger partial charge < -0.3 is 14.6 Å². The van der Waals surface area contributed by atoms with Crippen molar-refractivity contribution in [1.29, 1.82) is 0 Å². The van der Waals surface area contributed by atoms with Crippen LogP contribution in [-0.2, 0) is 23.8 Å². The number of aliphatic hydroxyl groups excluding tert-OH is 1. The molecule has 1 unspecified atom stereocenters. The van der Waals surface area contributed by atoms with E-state index in [1.165, 1.54) is 38.5 Å². The van der Waals surface area contributed by atoms with Crippen LogP contribution in [0.15, 0.2) is 29.2 Å². The Hall–Kier alpha value is -1.87. The first-order valence-electron chi connectivity index (χ1n) is 15.2. The molecule has 0 spiro atoms. The molecule has 40 heavy (non-hydrogen) atoms. The average Bonchev–Trinajstić information content (AvgIpc) is 2.95. The highest BCUT2D eigenvalue weighted by Gasteiger charge is 2.27. The Kier molecular flexibility index (Phi) is 18.0. The lowest BCUT2D eigenvalue weighted by atomic mass is 10.0. The molecule has 0 aromatic heterocycles. The fraction of sp³-hybridized carbons (Fsp3) is 0.697. The van der Waals surface area contributed by atoms with E-state index in [2.05, 4.69) is 30.6 Å². The van der Waals surface area contributed by atoms with Crippen LogP contribution < -0.4 is 0 Å². The van der Waals surface area contributed by atoms with Gasteiger partial charge in [-0.05, 0) is 44.7 Å². The first-order valence-corrected chi connectivity index (χ1v) is 16.7. The number of hydrogen-bond acceptors (Lipinski definition) is 6. The fourth-order valence-corrected chi connectivity index (χ4v) is 5.66. The number of aliphatic hydroxyl groups is 1. The molecule has 1 heterocycles. The first kappa shape index (κ1) is 34.3. The topological polar surface area (TPSA) is 82.1 Å². The summed E-state index contributed by atoms with van der Waals surface area (Å²) >= 11 is 0. The van der Waals surface area contributed by atoms with Crippen molar-refractivity contribution in [2.75, 3.05) is 13.2 Å². The van der Waals surface area contributed by atoms with Gasteiger partial charge in [0.15, 0.2) is 6.29 Å². The Bertz CT molecular complexity index is 1020. The number of aryl methyl sites for hydroxylation is 1. The van der Waals surface area contributed by atoms with Crippen LogP contribution in [0.25, 0.3) is 0 Å². The SMILES string of the molecule is CCCCCCCCCCC[C@H](OS(=O)(=O)c1ccc(C)cc1)[C@@H](O)CC#CCC#CCCOC1CCCCO1. The van der Waals surface area contributed by atoms with Crippen molar-refractivity contribution >= 4 is 10.1 Å². The molecule has 224 valence electrons. The molecule has 0 bridgehead atoms. The van der Waals surface area contributed by atoms with Gasteiger partial charge in [0.25, 0.3) is 10.1 Å². The molecule has 0 aliphatic carbocycles. The van der Waals surface area contributed by atoms with Gasteiger partial charge in [0.05, 0.1) is 24.0 Å². The zero-order chi connectivity index (χ0) is 28.9. The zero-order valence-corrected chi connectivity index (χ0v) is 25.5. The van der Waals surface area contributed by atoms with Crippen LogP contribution in [-0.4, -0.2) is 45.2 Å². The van der Waals surface area contributed by atoms with Crippen molar-refractivity contribution in [2.24, 2.45) is 0 Å². The summed E-state index contributed by atoms with van der Waals surface area (Å²) in [6.45, 7) is 5.42. The molecule has 3 atom stereocenters. The molecule has 6 nitrogen and oxygen atoms in total. The van der Waals surface area contributed by atoms with E-state index in [4.69, 9.17) is 13.7 Å². The Morgan fingerprint density at radius 3 is 2.30 bits per heavy atom. The Morgan fingerprint density at radius 1 is 0.950 bits per heavy atom. The van der Waals surface area contributed by atoms with Gasteiger partial charge in [-0.15, -0.1) is 0 Å². The number of ether oxygens (including phenoxy) is 2. The smallest absolute Gasteiger partial charge is 0.297 e. The van der Waals surface area contributed by atoms with E-state index in [1.807, 2.05) is 6.92 Å². The van der Waals surface area contributed by atoms with Crippen LogP contribution >= 0.6 is 0 Å². The minimum Gasteiger partial charge on any atom is -0.389 e. The average molecular weight is 575 g/mol. The maximum atomic E-state index is 12.9. The number of unbranched alkanes of at least 4 members (excludes halogenated alkanes) is 8. The van der Waals surface area contributed by atoms with E-state index in [0.717, 1.165) is 50.7 Å². The van der Waals surface area contributed by atoms with E-state index in [-0.39, 0.29) is 17.6 Å². The van der Waals surface area contributed by atoms with Crippen LogP contribution in [0.2, 0.25) is 0 Å². The quantitative estimate of drug-likeness (QED) is 0.115. The van der Waals surface area contributed by atoms with Crippen molar-refractivity contribution in [3.63, 3.8) is 0 Å². The third-order valence-electron chi connectivity index (χ3n) is 6.99. The molecule has 1 fully saturated rings. The summed E-state index contributed by atoms with van der Waals surface area (Å²) < 4.78 is 42.6. The van der Waals surface area contributed by atoms with Gasteiger partial charge >= 0.3 is 0 Å². The van der Waals surface area contributed by atoms with Gasteiger partial charge in [0, 0.05) is 19.4 Å². The Balaban J connectivity index is 1.80. The summed E-state index contributed by atoms with van der Waals surface area (Å²) in [6.07, 6.45) is 13.3. The van der Waals surface area contributed by atoms with E-state index < -0.39 is 22.3 Å². The standard InChI is InChI=1S/C33H50O6S/c1-3-4-5-6-7-8-9-13-16-21-32(39-40(35,36)30-25-23-29(2)24-26-30)31(34)20-15-12-10-11-14-18-27-37-33-22-17-19-28-38-33/h23-26,31-34H,3-10,13,16-22,27-28H2,1-2H3/t31-,32-,33?/m0/s1. The van der Waals surface area contributed by atoms with Crippen LogP contribution in [0.4, 0.5) is 0 Å². The largest absolute Gasteiger partial charge is 0.389 e. The predicted octanol–water partition coefficient (Wildman–Crippen LogP) is 7.07. The van der Waals surface area contributed by atoms with Crippen molar-refractivity contribution in [3.05, 3.63) is 29.8 Å². The van der Waals surface area contributed by atoms with Gasteiger partial charge in [0.2, 0.25) is 0 Å². The summed E-state index contributed by atoms with van der Waals surface area (Å²) in [7, 11) is -3.99. The maximum absolute atomic E-state index is 12.9. The second-order valence-electron chi connectivity index (χ2n) is 10.6. The summed E-state index contributed by atoms with van der Waals surface area (Å²) in [5.74, 6) is 12.0. The van der Waals surface area contributed by atoms with Gasteiger partial charge in [-0.2, -0.15) is 8.42 Å². The van der Waals surface area contributed by atoms with Crippen LogP contribution in [0.1, 0.15) is 115 Å². The van der Waals surface area contributed by atoms with E-state index in [1.54, 1.807) is 24.3 Å². The molecule has 1 saturated heterocycles. The molecule has 1 aliphatic heterocycles. The van der Waals surface area contributed by atoms with E-state index in [0.29, 0.717) is 25.9 Å². The zero-order valence-electron chi connectivity index (χ0n) is 24.7. The van der Waals surface area contributed by atoms with Crippen molar-refractivity contribution in [2.45, 2.75) is 140 Å². The summed E-state index contributed by atoms with van der Waals surface area (Å²) in [5, 5.41) is 10.8. The maximum Gasteiger partial charge on any atom is 0.297 e. The normalized spacial score (nSPS) is 16.8. The monoisotopic (exact) mass is 574 g/mol.